The number of phenolic OH excluding ortho intramolecular Hbond substituents is 1. The fourth-order valence-electron chi connectivity index (χ4n) is 3.06. The van der Waals surface area contributed by atoms with Gasteiger partial charge in [-0.15, -0.1) is 0 Å². The molecule has 1 N–H and O–H groups in total. The van der Waals surface area contributed by atoms with Gasteiger partial charge in [0.2, 0.25) is 0 Å². The van der Waals surface area contributed by atoms with Crippen LogP contribution in [0.15, 0.2) is 36.4 Å². The first-order valence-electron chi connectivity index (χ1n) is 6.98. The van der Waals surface area contributed by atoms with Gasteiger partial charge in [0.1, 0.15) is 11.5 Å². The van der Waals surface area contributed by atoms with Gasteiger partial charge in [-0.05, 0) is 36.1 Å². The first-order chi connectivity index (χ1) is 9.25. The number of Topliss-reactive ketones (excluding diaryl/α,β-unsaturated/α-hetero) is 1. The molecule has 1 fully saturated rings. The Morgan fingerprint density at radius 2 is 1.95 bits per heavy atom. The van der Waals surface area contributed by atoms with Gasteiger partial charge in [0.15, 0.2) is 0 Å². The van der Waals surface area contributed by atoms with Crippen molar-refractivity contribution in [3.63, 3.8) is 0 Å². The van der Waals surface area contributed by atoms with Gasteiger partial charge in [-0.25, -0.2) is 0 Å². The number of hydrogen-bond acceptors (Lipinski definition) is 2. The van der Waals surface area contributed by atoms with Crippen LogP contribution in [-0.2, 0) is 11.2 Å². The van der Waals surface area contributed by atoms with Gasteiger partial charge < -0.3 is 5.11 Å². The molecular formula is C17H18O2. The molecule has 2 aromatic carbocycles. The summed E-state index contributed by atoms with van der Waals surface area (Å²) in [4.78, 5) is 12.0. The molecule has 2 nitrogen and oxygen atoms in total. The topological polar surface area (TPSA) is 37.3 Å². The number of benzene rings is 2. The van der Waals surface area contributed by atoms with Crippen molar-refractivity contribution in [2.24, 2.45) is 5.92 Å². The summed E-state index contributed by atoms with van der Waals surface area (Å²) in [5, 5.41) is 12.3. The van der Waals surface area contributed by atoms with Crippen molar-refractivity contribution in [1.82, 2.24) is 0 Å². The van der Waals surface area contributed by atoms with Crippen molar-refractivity contribution in [2.75, 3.05) is 0 Å². The number of rotatable bonds is 2. The van der Waals surface area contributed by atoms with Gasteiger partial charge in [0, 0.05) is 17.9 Å². The minimum absolute atomic E-state index is 0.0884. The molecule has 0 aliphatic heterocycles. The highest BCUT2D eigenvalue weighted by molar-refractivity contribution is 5.89. The van der Waals surface area contributed by atoms with Crippen molar-refractivity contribution in [2.45, 2.75) is 32.1 Å². The third-order valence-electron chi connectivity index (χ3n) is 4.15. The van der Waals surface area contributed by atoms with E-state index in [4.69, 9.17) is 0 Å². The number of hydrogen-bond donors (Lipinski definition) is 1. The van der Waals surface area contributed by atoms with Crippen LogP contribution in [-0.4, -0.2) is 10.9 Å². The molecule has 19 heavy (non-hydrogen) atoms. The quantitative estimate of drug-likeness (QED) is 0.884. The molecule has 0 saturated heterocycles. The summed E-state index contributed by atoms with van der Waals surface area (Å²) < 4.78 is 0. The molecular weight excluding hydrogens is 236 g/mol. The molecule has 0 heterocycles. The van der Waals surface area contributed by atoms with Gasteiger partial charge in [-0.2, -0.15) is 0 Å². The summed E-state index contributed by atoms with van der Waals surface area (Å²) >= 11 is 0. The average molecular weight is 254 g/mol. The van der Waals surface area contributed by atoms with Crippen LogP contribution in [0, 0.1) is 5.92 Å². The van der Waals surface area contributed by atoms with Crippen LogP contribution >= 0.6 is 0 Å². The number of carbonyl (C=O) groups excluding carboxylic acids is 1. The molecule has 98 valence electrons. The van der Waals surface area contributed by atoms with Crippen LogP contribution in [0.4, 0.5) is 0 Å². The van der Waals surface area contributed by atoms with E-state index in [9.17, 15) is 9.90 Å². The Bertz CT molecular complexity index is 616. The maximum Gasteiger partial charge on any atom is 0.136 e. The smallest absolute Gasteiger partial charge is 0.136 e. The minimum Gasteiger partial charge on any atom is -0.508 e. The van der Waals surface area contributed by atoms with Crippen molar-refractivity contribution in [3.05, 3.63) is 42.0 Å². The molecule has 0 amide bonds. The van der Waals surface area contributed by atoms with E-state index in [1.54, 1.807) is 6.07 Å². The van der Waals surface area contributed by atoms with E-state index in [0.717, 1.165) is 35.6 Å². The second-order valence-corrected chi connectivity index (χ2v) is 5.40. The molecule has 0 spiro atoms. The molecule has 3 rings (SSSR count). The molecule has 1 unspecified atom stereocenters. The van der Waals surface area contributed by atoms with E-state index >= 15 is 0 Å². The van der Waals surface area contributed by atoms with E-state index < -0.39 is 0 Å². The van der Waals surface area contributed by atoms with E-state index in [1.165, 1.54) is 0 Å². The van der Waals surface area contributed by atoms with Crippen LogP contribution in [0.25, 0.3) is 10.8 Å². The van der Waals surface area contributed by atoms with Crippen molar-refractivity contribution in [3.8, 4) is 5.75 Å². The Kier molecular flexibility index (Phi) is 3.24. The Hall–Kier alpha value is -1.83. The maximum atomic E-state index is 12.0. The molecule has 1 atom stereocenters. The lowest BCUT2D eigenvalue weighted by Crippen LogP contribution is -2.21. The average Bonchev–Trinajstić information content (AvgIpc) is 2.44. The molecule has 0 radical (unpaired) electrons. The van der Waals surface area contributed by atoms with Crippen molar-refractivity contribution < 1.29 is 9.90 Å². The van der Waals surface area contributed by atoms with Crippen LogP contribution < -0.4 is 0 Å². The lowest BCUT2D eigenvalue weighted by atomic mass is 9.82. The molecule has 2 aromatic rings. The fourth-order valence-corrected chi connectivity index (χ4v) is 3.06. The van der Waals surface area contributed by atoms with Crippen LogP contribution in [0.3, 0.4) is 0 Å². The zero-order valence-electron chi connectivity index (χ0n) is 10.9. The van der Waals surface area contributed by atoms with Crippen molar-refractivity contribution in [1.29, 1.82) is 0 Å². The first kappa shape index (κ1) is 12.2. The van der Waals surface area contributed by atoms with E-state index in [-0.39, 0.29) is 5.92 Å². The number of phenols is 1. The van der Waals surface area contributed by atoms with Gasteiger partial charge in [0.25, 0.3) is 0 Å². The SMILES string of the molecule is O=C1CCCCC1Cc1c(O)ccc2ccccc12. The minimum atomic E-state index is 0.0884. The van der Waals surface area contributed by atoms with Gasteiger partial charge in [-0.3, -0.25) is 4.79 Å². The van der Waals surface area contributed by atoms with Crippen LogP contribution in [0.2, 0.25) is 0 Å². The lowest BCUT2D eigenvalue weighted by molar-refractivity contribution is -0.124. The van der Waals surface area contributed by atoms with E-state index in [2.05, 4.69) is 0 Å². The highest BCUT2D eigenvalue weighted by atomic mass is 16.3. The summed E-state index contributed by atoms with van der Waals surface area (Å²) in [7, 11) is 0. The largest absolute Gasteiger partial charge is 0.508 e. The normalized spacial score (nSPS) is 19.8. The van der Waals surface area contributed by atoms with Crippen LogP contribution in [0.5, 0.6) is 5.75 Å². The Labute approximate surface area is 113 Å². The Balaban J connectivity index is 1.99. The Morgan fingerprint density at radius 3 is 2.79 bits per heavy atom. The van der Waals surface area contributed by atoms with Gasteiger partial charge in [-0.1, -0.05) is 36.8 Å². The van der Waals surface area contributed by atoms with Crippen LogP contribution in [0.1, 0.15) is 31.2 Å². The molecule has 2 heteroatoms. The maximum absolute atomic E-state index is 12.0. The first-order valence-corrected chi connectivity index (χ1v) is 6.98. The number of ketones is 1. The summed E-state index contributed by atoms with van der Waals surface area (Å²) in [5.74, 6) is 0.765. The molecule has 0 bridgehead atoms. The zero-order valence-corrected chi connectivity index (χ0v) is 10.9. The summed E-state index contributed by atoms with van der Waals surface area (Å²) in [5.41, 5.74) is 0.929. The molecule has 1 aliphatic rings. The second kappa shape index (κ2) is 5.04. The predicted molar refractivity (Wildman–Crippen MR) is 76.3 cm³/mol. The molecule has 0 aromatic heterocycles. The summed E-state index contributed by atoms with van der Waals surface area (Å²) in [6.45, 7) is 0. The van der Waals surface area contributed by atoms with E-state index in [0.29, 0.717) is 24.4 Å². The number of carbonyl (C=O) groups is 1. The highest BCUT2D eigenvalue weighted by Crippen LogP contribution is 2.32. The van der Waals surface area contributed by atoms with Gasteiger partial charge in [0.05, 0.1) is 0 Å². The van der Waals surface area contributed by atoms with E-state index in [1.807, 2.05) is 30.3 Å². The second-order valence-electron chi connectivity index (χ2n) is 5.40. The lowest BCUT2D eigenvalue weighted by Gasteiger charge is -2.21. The fraction of sp³-hybridized carbons (Fsp3) is 0.353. The summed E-state index contributed by atoms with van der Waals surface area (Å²) in [6, 6.07) is 11.7. The van der Waals surface area contributed by atoms with Gasteiger partial charge >= 0.3 is 0 Å². The number of aromatic hydroxyl groups is 1. The third-order valence-corrected chi connectivity index (χ3v) is 4.15. The zero-order chi connectivity index (χ0) is 13.2. The Morgan fingerprint density at radius 1 is 1.11 bits per heavy atom. The standard InChI is InChI=1S/C17H18O2/c18-16-8-4-2-6-13(16)11-15-14-7-3-1-5-12(14)9-10-17(15)19/h1,3,5,7,9-10,13,19H,2,4,6,8,11H2. The summed E-state index contributed by atoms with van der Waals surface area (Å²) in [6.07, 6.45) is 4.49. The monoisotopic (exact) mass is 254 g/mol. The molecule has 1 aliphatic carbocycles. The number of fused-ring (bicyclic) bond motifs is 1. The highest BCUT2D eigenvalue weighted by Gasteiger charge is 2.24. The third kappa shape index (κ3) is 2.35. The molecule has 1 saturated carbocycles. The predicted octanol–water partition coefficient (Wildman–Crippen LogP) is 3.85. The van der Waals surface area contributed by atoms with Crippen molar-refractivity contribution >= 4 is 16.6 Å².